The van der Waals surface area contributed by atoms with E-state index >= 15 is 0 Å². The topological polar surface area (TPSA) is 81.4 Å². The monoisotopic (exact) mass is 421 g/mol. The summed E-state index contributed by atoms with van der Waals surface area (Å²) in [6, 6.07) is 11.3. The molecule has 1 aromatic carbocycles. The Morgan fingerprint density at radius 1 is 1.23 bits per heavy atom. The van der Waals surface area contributed by atoms with Gasteiger partial charge in [-0.1, -0.05) is 6.07 Å². The molecule has 5 rings (SSSR count). The molecule has 1 N–H and O–H groups in total. The molecule has 162 valence electrons. The summed E-state index contributed by atoms with van der Waals surface area (Å²) in [5.41, 5.74) is 3.82. The van der Waals surface area contributed by atoms with Gasteiger partial charge in [-0.3, -0.25) is 15.0 Å². The lowest BCUT2D eigenvalue weighted by molar-refractivity contribution is 0.111. The largest absolute Gasteiger partial charge is 0.450 e. The van der Waals surface area contributed by atoms with Gasteiger partial charge in [0.2, 0.25) is 0 Å². The zero-order valence-corrected chi connectivity index (χ0v) is 17.9. The van der Waals surface area contributed by atoms with Gasteiger partial charge in [-0.15, -0.1) is 0 Å². The Bertz CT molecular complexity index is 1200. The third-order valence-electron chi connectivity index (χ3n) is 6.42. The number of carbonyl (C=O) groups excluding carboxylic acids is 1. The summed E-state index contributed by atoms with van der Waals surface area (Å²) in [5.74, 6) is 1.87. The van der Waals surface area contributed by atoms with Crippen LogP contribution in [0.1, 0.15) is 30.8 Å². The van der Waals surface area contributed by atoms with Crippen molar-refractivity contribution < 1.29 is 9.53 Å². The number of aromatic nitrogens is 3. The molecule has 2 aliphatic heterocycles. The second-order valence-corrected chi connectivity index (χ2v) is 8.53. The highest BCUT2D eigenvalue weighted by atomic mass is 16.5. The van der Waals surface area contributed by atoms with Gasteiger partial charge in [-0.25, -0.2) is 9.78 Å². The molecule has 2 atom stereocenters. The zero-order chi connectivity index (χ0) is 21.5. The number of rotatable bonds is 4. The lowest BCUT2D eigenvalue weighted by Crippen LogP contribution is -2.46. The number of anilines is 1. The van der Waals surface area contributed by atoms with E-state index in [1.807, 2.05) is 35.9 Å². The standard InChI is InChI=1S/C23H27N5O3/c1-3-31-23(30)24-17-7-8-20-18(10-17)25-21(26(20)2)14-27-11-15-9-16(13-27)19-5-4-6-22(29)28(19)12-15/h4-8,10,15-16H,3,9,11-14H2,1-2H3,(H,24,30)/t15-,16+/m1/s1. The molecule has 8 nitrogen and oxygen atoms in total. The zero-order valence-electron chi connectivity index (χ0n) is 17.9. The predicted molar refractivity (Wildman–Crippen MR) is 118 cm³/mol. The van der Waals surface area contributed by atoms with E-state index in [1.54, 1.807) is 13.0 Å². The van der Waals surface area contributed by atoms with E-state index in [-0.39, 0.29) is 5.56 Å². The van der Waals surface area contributed by atoms with Crippen molar-refractivity contribution in [3.05, 3.63) is 58.3 Å². The number of piperidine rings is 1. The number of nitrogens with one attached hydrogen (secondary N) is 1. The summed E-state index contributed by atoms with van der Waals surface area (Å²) >= 11 is 0. The number of hydrogen-bond acceptors (Lipinski definition) is 5. The van der Waals surface area contributed by atoms with Crippen molar-refractivity contribution in [2.24, 2.45) is 13.0 Å². The smallest absolute Gasteiger partial charge is 0.411 e. The number of ether oxygens (including phenoxy) is 1. The average molecular weight is 422 g/mol. The number of nitrogens with zero attached hydrogens (tertiary/aromatic N) is 4. The Morgan fingerprint density at radius 3 is 2.94 bits per heavy atom. The molecule has 2 aromatic heterocycles. The van der Waals surface area contributed by atoms with Crippen molar-refractivity contribution in [3.8, 4) is 0 Å². The summed E-state index contributed by atoms with van der Waals surface area (Å²) in [6.45, 7) is 5.57. The Hall–Kier alpha value is -3.13. The number of hydrogen-bond donors (Lipinski definition) is 1. The SMILES string of the molecule is CCOC(=O)Nc1ccc2c(c1)nc(CN1C[C@H]3C[C@@H](C1)c1cccc(=O)n1C3)n2C. The van der Waals surface area contributed by atoms with Crippen molar-refractivity contribution in [1.29, 1.82) is 0 Å². The number of likely N-dealkylation sites (tertiary alicyclic amines) is 1. The first-order chi connectivity index (χ1) is 15.0. The molecule has 4 heterocycles. The van der Waals surface area contributed by atoms with Crippen LogP contribution >= 0.6 is 0 Å². The van der Waals surface area contributed by atoms with Gasteiger partial charge in [0.05, 0.1) is 24.2 Å². The molecule has 0 unspecified atom stereocenters. The third-order valence-corrected chi connectivity index (χ3v) is 6.42. The van der Waals surface area contributed by atoms with E-state index in [0.29, 0.717) is 24.1 Å². The highest BCUT2D eigenvalue weighted by molar-refractivity contribution is 5.88. The normalized spacial score (nSPS) is 20.5. The van der Waals surface area contributed by atoms with Crippen LogP contribution in [0.3, 0.4) is 0 Å². The van der Waals surface area contributed by atoms with Gasteiger partial charge < -0.3 is 13.9 Å². The minimum Gasteiger partial charge on any atom is -0.450 e. The minimum atomic E-state index is -0.461. The van der Waals surface area contributed by atoms with Gasteiger partial charge in [-0.05, 0) is 43.5 Å². The lowest BCUT2D eigenvalue weighted by atomic mass is 9.83. The number of imidazole rings is 1. The van der Waals surface area contributed by atoms with Crippen LogP contribution in [0.5, 0.6) is 0 Å². The van der Waals surface area contributed by atoms with Crippen LogP contribution in [0.25, 0.3) is 11.0 Å². The van der Waals surface area contributed by atoms with E-state index in [2.05, 4.69) is 20.9 Å². The van der Waals surface area contributed by atoms with E-state index in [9.17, 15) is 9.59 Å². The van der Waals surface area contributed by atoms with Crippen LogP contribution in [-0.2, 0) is 24.9 Å². The van der Waals surface area contributed by atoms with Gasteiger partial charge in [-0.2, -0.15) is 0 Å². The second kappa shape index (κ2) is 7.85. The molecule has 1 amide bonds. The van der Waals surface area contributed by atoms with E-state index in [4.69, 9.17) is 9.72 Å². The first kappa shape index (κ1) is 19.8. The molecule has 1 fully saturated rings. The van der Waals surface area contributed by atoms with E-state index < -0.39 is 6.09 Å². The van der Waals surface area contributed by atoms with Crippen LogP contribution in [0.15, 0.2) is 41.2 Å². The first-order valence-corrected chi connectivity index (χ1v) is 10.8. The molecular weight excluding hydrogens is 394 g/mol. The number of benzene rings is 1. The van der Waals surface area contributed by atoms with Crippen molar-refractivity contribution in [2.75, 3.05) is 25.0 Å². The van der Waals surface area contributed by atoms with Gasteiger partial charge in [0.25, 0.3) is 5.56 Å². The molecule has 31 heavy (non-hydrogen) atoms. The predicted octanol–water partition coefficient (Wildman–Crippen LogP) is 2.92. The Labute approximate surface area is 180 Å². The van der Waals surface area contributed by atoms with Crippen molar-refractivity contribution in [1.82, 2.24) is 19.0 Å². The van der Waals surface area contributed by atoms with Crippen molar-refractivity contribution in [2.45, 2.75) is 32.4 Å². The minimum absolute atomic E-state index is 0.114. The van der Waals surface area contributed by atoms with Gasteiger partial charge in [0, 0.05) is 50.0 Å². The molecule has 0 radical (unpaired) electrons. The molecule has 2 aliphatic rings. The maximum absolute atomic E-state index is 12.2. The van der Waals surface area contributed by atoms with Crippen LogP contribution in [0, 0.1) is 5.92 Å². The van der Waals surface area contributed by atoms with E-state index in [0.717, 1.165) is 55.2 Å². The summed E-state index contributed by atoms with van der Waals surface area (Å²) in [6.07, 6.45) is 0.683. The summed E-state index contributed by atoms with van der Waals surface area (Å²) < 4.78 is 9.03. The summed E-state index contributed by atoms with van der Waals surface area (Å²) in [7, 11) is 2.03. The average Bonchev–Trinajstić information content (AvgIpc) is 3.03. The van der Waals surface area contributed by atoms with Crippen LogP contribution < -0.4 is 10.9 Å². The first-order valence-electron chi connectivity index (χ1n) is 10.8. The third kappa shape index (κ3) is 3.72. The van der Waals surface area contributed by atoms with Gasteiger partial charge in [0.1, 0.15) is 5.82 Å². The maximum atomic E-state index is 12.2. The number of carbonyl (C=O) groups is 1. The summed E-state index contributed by atoms with van der Waals surface area (Å²) in [5, 5.41) is 2.74. The van der Waals surface area contributed by atoms with Crippen molar-refractivity contribution >= 4 is 22.8 Å². The van der Waals surface area contributed by atoms with Crippen molar-refractivity contribution in [3.63, 3.8) is 0 Å². The fraction of sp³-hybridized carbons (Fsp3) is 0.435. The Balaban J connectivity index is 1.35. The quantitative estimate of drug-likeness (QED) is 0.701. The molecular formula is C23H27N5O3. The molecule has 0 saturated carbocycles. The molecule has 0 spiro atoms. The Kier molecular flexibility index (Phi) is 5.02. The van der Waals surface area contributed by atoms with Crippen LogP contribution in [0.4, 0.5) is 10.5 Å². The molecule has 3 aromatic rings. The number of fused-ring (bicyclic) bond motifs is 5. The number of amides is 1. The lowest BCUT2D eigenvalue weighted by Gasteiger charge is -2.42. The van der Waals surface area contributed by atoms with Gasteiger partial charge in [0.15, 0.2) is 0 Å². The van der Waals surface area contributed by atoms with Gasteiger partial charge >= 0.3 is 6.09 Å². The highest BCUT2D eigenvalue weighted by Gasteiger charge is 2.34. The highest BCUT2D eigenvalue weighted by Crippen LogP contribution is 2.35. The molecule has 8 heteroatoms. The number of aryl methyl sites for hydroxylation is 1. The van der Waals surface area contributed by atoms with Crippen LogP contribution in [0.2, 0.25) is 0 Å². The number of pyridine rings is 1. The fourth-order valence-corrected chi connectivity index (χ4v) is 5.08. The Morgan fingerprint density at radius 2 is 2.10 bits per heavy atom. The summed E-state index contributed by atoms with van der Waals surface area (Å²) in [4.78, 5) is 31.2. The van der Waals surface area contributed by atoms with E-state index in [1.165, 1.54) is 0 Å². The fourth-order valence-electron chi connectivity index (χ4n) is 5.08. The molecule has 2 bridgehead atoms. The maximum Gasteiger partial charge on any atom is 0.411 e. The second-order valence-electron chi connectivity index (χ2n) is 8.53. The molecule has 1 saturated heterocycles. The van der Waals surface area contributed by atoms with Crippen LogP contribution in [-0.4, -0.2) is 44.8 Å². The molecule has 0 aliphatic carbocycles.